The molecule has 7 nitrogen and oxygen atoms in total. The number of nitrogens with zero attached hydrogens (tertiary/aromatic N) is 2. The van der Waals surface area contributed by atoms with Gasteiger partial charge >= 0.3 is 0 Å². The Morgan fingerprint density at radius 2 is 1.50 bits per heavy atom. The highest BCUT2D eigenvalue weighted by molar-refractivity contribution is 7.92. The highest BCUT2D eigenvalue weighted by Gasteiger charge is 2.33. The molecule has 3 aromatic carbocycles. The van der Waals surface area contributed by atoms with Crippen LogP contribution in [0.2, 0.25) is 5.02 Å². The molecule has 1 unspecified atom stereocenters. The van der Waals surface area contributed by atoms with Crippen LogP contribution in [0, 0.1) is 0 Å². The Hall–Kier alpha value is -3.36. The van der Waals surface area contributed by atoms with Crippen molar-refractivity contribution >= 4 is 39.1 Å². The second-order valence-corrected chi connectivity index (χ2v) is 12.4. The van der Waals surface area contributed by atoms with Crippen LogP contribution in [0.3, 0.4) is 0 Å². The van der Waals surface area contributed by atoms with Crippen molar-refractivity contribution in [2.45, 2.75) is 62.4 Å². The maximum atomic E-state index is 14.0. The number of hydrogen-bond donors (Lipinski definition) is 1. The molecule has 1 atom stereocenters. The summed E-state index contributed by atoms with van der Waals surface area (Å²) < 4.78 is 28.6. The van der Waals surface area contributed by atoms with Crippen molar-refractivity contribution in [2.24, 2.45) is 0 Å². The summed E-state index contributed by atoms with van der Waals surface area (Å²) in [5.41, 5.74) is 1.21. The third-order valence-electron chi connectivity index (χ3n) is 7.33. The quantitative estimate of drug-likeness (QED) is 0.326. The number of nitrogens with one attached hydrogen (secondary N) is 1. The van der Waals surface area contributed by atoms with Gasteiger partial charge in [-0.3, -0.25) is 13.9 Å². The lowest BCUT2D eigenvalue weighted by atomic mass is 9.95. The Balaban J connectivity index is 1.63. The van der Waals surface area contributed by atoms with Gasteiger partial charge in [-0.1, -0.05) is 91.5 Å². The van der Waals surface area contributed by atoms with E-state index in [-0.39, 0.29) is 34.1 Å². The Morgan fingerprint density at radius 1 is 0.900 bits per heavy atom. The molecule has 0 radical (unpaired) electrons. The third kappa shape index (κ3) is 7.43. The zero-order chi connectivity index (χ0) is 28.5. The molecular weight excluding hydrogens is 546 g/mol. The smallest absolute Gasteiger partial charge is 0.264 e. The number of amides is 2. The third-order valence-corrected chi connectivity index (χ3v) is 9.43. The van der Waals surface area contributed by atoms with E-state index in [2.05, 4.69) is 5.32 Å². The van der Waals surface area contributed by atoms with Gasteiger partial charge in [0.25, 0.3) is 10.0 Å². The first-order valence-electron chi connectivity index (χ1n) is 13.7. The minimum Gasteiger partial charge on any atom is -0.352 e. The van der Waals surface area contributed by atoms with Crippen LogP contribution >= 0.6 is 11.6 Å². The normalized spacial score (nSPS) is 14.8. The number of para-hydroxylation sites is 1. The molecule has 0 heterocycles. The van der Waals surface area contributed by atoms with Crippen LogP contribution in [0.15, 0.2) is 89.8 Å². The summed E-state index contributed by atoms with van der Waals surface area (Å²) >= 11 is 6.44. The second-order valence-electron chi connectivity index (χ2n) is 10.1. The number of hydrogen-bond acceptors (Lipinski definition) is 4. The highest BCUT2D eigenvalue weighted by Crippen LogP contribution is 2.30. The standard InChI is InChI=1S/C31H36ClN3O4S/c1-24(31(37)33-26-15-7-3-8-16-26)34(22-21-25-13-5-2-6-14-25)30(36)23-35(29-20-12-11-19-28(29)32)40(38,39)27-17-9-4-10-18-27/h2,4-6,9-14,17-20,24,26H,3,7-8,15-16,21-23H2,1H3,(H,33,37). The first kappa shape index (κ1) is 29.6. The number of halogens is 1. The van der Waals surface area contributed by atoms with Gasteiger partial charge in [0.2, 0.25) is 11.8 Å². The van der Waals surface area contributed by atoms with Crippen LogP contribution < -0.4 is 9.62 Å². The summed E-state index contributed by atoms with van der Waals surface area (Å²) in [6.07, 6.45) is 5.67. The zero-order valence-corrected chi connectivity index (χ0v) is 24.3. The van der Waals surface area contributed by atoms with Gasteiger partial charge in [-0.15, -0.1) is 0 Å². The van der Waals surface area contributed by atoms with E-state index in [4.69, 9.17) is 11.6 Å². The number of anilines is 1. The van der Waals surface area contributed by atoms with Gasteiger partial charge in [-0.05, 0) is 56.0 Å². The molecule has 0 spiro atoms. The molecule has 40 heavy (non-hydrogen) atoms. The van der Waals surface area contributed by atoms with Crippen LogP contribution in [0.4, 0.5) is 5.69 Å². The number of rotatable bonds is 11. The summed E-state index contributed by atoms with van der Waals surface area (Å²) in [5, 5.41) is 3.32. The Morgan fingerprint density at radius 3 is 2.15 bits per heavy atom. The van der Waals surface area contributed by atoms with E-state index in [1.807, 2.05) is 30.3 Å². The van der Waals surface area contributed by atoms with Crippen molar-refractivity contribution in [1.29, 1.82) is 0 Å². The largest absolute Gasteiger partial charge is 0.352 e. The van der Waals surface area contributed by atoms with Crippen LogP contribution in [0.25, 0.3) is 0 Å². The van der Waals surface area contributed by atoms with E-state index < -0.39 is 28.5 Å². The van der Waals surface area contributed by atoms with Gasteiger partial charge in [0.1, 0.15) is 12.6 Å². The van der Waals surface area contributed by atoms with Crippen LogP contribution in [0.5, 0.6) is 0 Å². The van der Waals surface area contributed by atoms with E-state index in [0.29, 0.717) is 6.42 Å². The molecule has 0 aliphatic heterocycles. The Kier molecular flexibility index (Phi) is 10.2. The van der Waals surface area contributed by atoms with Gasteiger partial charge in [-0.2, -0.15) is 0 Å². The molecule has 1 N–H and O–H groups in total. The fraction of sp³-hybridized carbons (Fsp3) is 0.355. The minimum atomic E-state index is -4.14. The molecular formula is C31H36ClN3O4S. The van der Waals surface area contributed by atoms with Crippen molar-refractivity contribution < 1.29 is 18.0 Å². The summed E-state index contributed by atoms with van der Waals surface area (Å²) in [4.78, 5) is 28.8. The highest BCUT2D eigenvalue weighted by atomic mass is 35.5. The predicted octanol–water partition coefficient (Wildman–Crippen LogP) is 5.44. The maximum absolute atomic E-state index is 14.0. The van der Waals surface area contributed by atoms with Gasteiger partial charge in [-0.25, -0.2) is 8.42 Å². The molecule has 4 rings (SSSR count). The molecule has 1 fully saturated rings. The molecule has 1 aliphatic carbocycles. The average molecular weight is 582 g/mol. The topological polar surface area (TPSA) is 86.8 Å². The van der Waals surface area contributed by atoms with Crippen molar-refractivity contribution in [3.63, 3.8) is 0 Å². The predicted molar refractivity (Wildman–Crippen MR) is 159 cm³/mol. The molecule has 9 heteroatoms. The molecule has 0 aromatic heterocycles. The molecule has 1 aliphatic rings. The lowest BCUT2D eigenvalue weighted by Gasteiger charge is -2.33. The zero-order valence-electron chi connectivity index (χ0n) is 22.7. The van der Waals surface area contributed by atoms with E-state index in [1.54, 1.807) is 49.4 Å². The fourth-order valence-electron chi connectivity index (χ4n) is 5.03. The van der Waals surface area contributed by atoms with Gasteiger partial charge in [0.05, 0.1) is 15.6 Å². The molecule has 0 saturated heterocycles. The van der Waals surface area contributed by atoms with E-state index >= 15 is 0 Å². The first-order chi connectivity index (χ1) is 19.3. The van der Waals surface area contributed by atoms with Gasteiger partial charge in [0, 0.05) is 12.6 Å². The van der Waals surface area contributed by atoms with E-state index in [0.717, 1.165) is 42.0 Å². The van der Waals surface area contributed by atoms with E-state index in [9.17, 15) is 18.0 Å². The molecule has 0 bridgehead atoms. The SMILES string of the molecule is CC(C(=O)NC1CCCCC1)N(CCc1ccccc1)C(=O)CN(c1ccccc1Cl)S(=O)(=O)c1ccccc1. The van der Waals surface area contributed by atoms with Crippen molar-refractivity contribution in [3.8, 4) is 0 Å². The number of benzene rings is 3. The summed E-state index contributed by atoms with van der Waals surface area (Å²) in [7, 11) is -4.14. The fourth-order valence-corrected chi connectivity index (χ4v) is 6.77. The molecule has 2 amide bonds. The summed E-state index contributed by atoms with van der Waals surface area (Å²) in [6, 6.07) is 23.5. The second kappa shape index (κ2) is 13.8. The Labute approximate surface area is 242 Å². The lowest BCUT2D eigenvalue weighted by molar-refractivity contribution is -0.139. The Bertz CT molecular complexity index is 1380. The summed E-state index contributed by atoms with van der Waals surface area (Å²) in [6.45, 7) is 1.45. The van der Waals surface area contributed by atoms with Crippen molar-refractivity contribution in [2.75, 3.05) is 17.4 Å². The maximum Gasteiger partial charge on any atom is 0.264 e. The monoisotopic (exact) mass is 581 g/mol. The van der Waals surface area contributed by atoms with Gasteiger partial charge < -0.3 is 10.2 Å². The molecule has 3 aromatic rings. The van der Waals surface area contributed by atoms with Crippen LogP contribution in [-0.4, -0.2) is 50.3 Å². The first-order valence-corrected chi connectivity index (χ1v) is 15.6. The van der Waals surface area contributed by atoms with Crippen molar-refractivity contribution in [3.05, 3.63) is 95.5 Å². The molecule has 1 saturated carbocycles. The number of carbonyl (C=O) groups excluding carboxylic acids is 2. The molecule has 212 valence electrons. The number of sulfonamides is 1. The van der Waals surface area contributed by atoms with Gasteiger partial charge in [0.15, 0.2) is 0 Å². The van der Waals surface area contributed by atoms with Crippen LogP contribution in [-0.2, 0) is 26.0 Å². The van der Waals surface area contributed by atoms with Crippen LogP contribution in [0.1, 0.15) is 44.6 Å². The average Bonchev–Trinajstić information content (AvgIpc) is 2.98. The number of carbonyl (C=O) groups is 2. The summed E-state index contributed by atoms with van der Waals surface area (Å²) in [5.74, 6) is -0.717. The minimum absolute atomic E-state index is 0.0432. The van der Waals surface area contributed by atoms with Crippen molar-refractivity contribution in [1.82, 2.24) is 10.2 Å². The lowest BCUT2D eigenvalue weighted by Crippen LogP contribution is -2.53. The van der Waals surface area contributed by atoms with E-state index in [1.165, 1.54) is 17.0 Å².